The second kappa shape index (κ2) is 7.28. The van der Waals surface area contributed by atoms with Crippen LogP contribution in [0, 0.1) is 0 Å². The molecule has 3 nitrogen and oxygen atoms in total. The highest BCUT2D eigenvalue weighted by molar-refractivity contribution is 5.41. The summed E-state index contributed by atoms with van der Waals surface area (Å²) in [6.07, 6.45) is 2.48. The van der Waals surface area contributed by atoms with Gasteiger partial charge in [0.2, 0.25) is 0 Å². The predicted molar refractivity (Wildman–Crippen MR) is 88.9 cm³/mol. The van der Waals surface area contributed by atoms with Gasteiger partial charge in [-0.15, -0.1) is 0 Å². The summed E-state index contributed by atoms with van der Waals surface area (Å²) >= 11 is 0. The lowest BCUT2D eigenvalue weighted by Gasteiger charge is -2.24. The van der Waals surface area contributed by atoms with Crippen molar-refractivity contribution < 1.29 is 9.84 Å². The fourth-order valence-corrected chi connectivity index (χ4v) is 2.25. The normalized spacial score (nSPS) is 14.8. The molecule has 0 aromatic heterocycles. The van der Waals surface area contributed by atoms with Crippen molar-refractivity contribution in [1.29, 1.82) is 0 Å². The van der Waals surface area contributed by atoms with Gasteiger partial charge in [-0.05, 0) is 48.8 Å². The molecule has 0 bridgehead atoms. The van der Waals surface area contributed by atoms with Gasteiger partial charge in [0.1, 0.15) is 5.75 Å². The molecule has 0 radical (unpaired) electrons. The molecule has 0 fully saturated rings. The zero-order valence-corrected chi connectivity index (χ0v) is 14.2. The van der Waals surface area contributed by atoms with Gasteiger partial charge < -0.3 is 15.6 Å². The monoisotopic (exact) mass is 293 g/mol. The number of aryl methyl sites for hydroxylation is 1. The second-order valence-corrected chi connectivity index (χ2v) is 7.09. The van der Waals surface area contributed by atoms with Crippen LogP contribution in [0.1, 0.15) is 58.6 Å². The third kappa shape index (κ3) is 5.68. The number of hydrogen-bond acceptors (Lipinski definition) is 3. The quantitative estimate of drug-likeness (QED) is 0.757. The largest absolute Gasteiger partial charge is 0.493 e. The Bertz CT molecular complexity index is 447. The second-order valence-electron chi connectivity index (χ2n) is 7.09. The predicted octanol–water partition coefficient (Wildman–Crippen LogP) is 3.42. The average Bonchev–Trinajstić information content (AvgIpc) is 2.42. The van der Waals surface area contributed by atoms with E-state index >= 15 is 0 Å². The minimum Gasteiger partial charge on any atom is -0.493 e. The Morgan fingerprint density at radius 1 is 1.19 bits per heavy atom. The van der Waals surface area contributed by atoms with E-state index in [2.05, 4.69) is 45.9 Å². The molecule has 1 aromatic rings. The molecule has 1 aromatic carbocycles. The summed E-state index contributed by atoms with van der Waals surface area (Å²) in [5.74, 6) is 0.951. The van der Waals surface area contributed by atoms with Crippen LogP contribution in [0.5, 0.6) is 5.75 Å². The maximum absolute atomic E-state index is 9.89. The van der Waals surface area contributed by atoms with E-state index in [0.717, 1.165) is 18.6 Å². The van der Waals surface area contributed by atoms with Crippen LogP contribution < -0.4 is 10.5 Å². The van der Waals surface area contributed by atoms with Crippen LogP contribution in [0.2, 0.25) is 0 Å². The highest BCUT2D eigenvalue weighted by Gasteiger charge is 2.20. The fourth-order valence-electron chi connectivity index (χ4n) is 2.25. The zero-order chi connectivity index (χ0) is 16.1. The summed E-state index contributed by atoms with van der Waals surface area (Å²) < 4.78 is 5.95. The topological polar surface area (TPSA) is 55.5 Å². The molecule has 0 amide bonds. The van der Waals surface area contributed by atoms with Crippen LogP contribution in [-0.2, 0) is 11.8 Å². The molecule has 21 heavy (non-hydrogen) atoms. The molecule has 0 aliphatic rings. The molecule has 3 N–H and O–H groups in total. The highest BCUT2D eigenvalue weighted by Crippen LogP contribution is 2.32. The number of hydrogen-bond donors (Lipinski definition) is 2. The maximum atomic E-state index is 9.89. The van der Waals surface area contributed by atoms with E-state index in [9.17, 15) is 5.11 Å². The Morgan fingerprint density at radius 2 is 1.86 bits per heavy atom. The molecule has 1 rings (SSSR count). The minimum atomic E-state index is -0.789. The van der Waals surface area contributed by atoms with Gasteiger partial charge >= 0.3 is 0 Å². The van der Waals surface area contributed by atoms with Crippen LogP contribution in [0.3, 0.4) is 0 Å². The molecule has 1 atom stereocenters. The van der Waals surface area contributed by atoms with Crippen molar-refractivity contribution in [2.45, 2.75) is 64.9 Å². The zero-order valence-electron chi connectivity index (χ0n) is 14.2. The third-order valence-corrected chi connectivity index (χ3v) is 3.82. The summed E-state index contributed by atoms with van der Waals surface area (Å²) in [7, 11) is 0. The Morgan fingerprint density at radius 3 is 2.38 bits per heavy atom. The van der Waals surface area contributed by atoms with Gasteiger partial charge in [0.25, 0.3) is 0 Å². The van der Waals surface area contributed by atoms with Gasteiger partial charge in [0.15, 0.2) is 0 Å². The smallest absolute Gasteiger partial charge is 0.123 e. The highest BCUT2D eigenvalue weighted by atomic mass is 16.5. The lowest BCUT2D eigenvalue weighted by molar-refractivity contribution is 0.0535. The first-order chi connectivity index (χ1) is 9.69. The van der Waals surface area contributed by atoms with Crippen LogP contribution in [-0.4, -0.2) is 23.9 Å². The first-order valence-electron chi connectivity index (χ1n) is 7.88. The van der Waals surface area contributed by atoms with Gasteiger partial charge in [-0.1, -0.05) is 39.8 Å². The molecule has 0 aliphatic carbocycles. The van der Waals surface area contributed by atoms with Crippen molar-refractivity contribution in [1.82, 2.24) is 0 Å². The molecule has 0 heterocycles. The van der Waals surface area contributed by atoms with Gasteiger partial charge in [0.05, 0.1) is 12.2 Å². The van der Waals surface area contributed by atoms with Crippen LogP contribution in [0.25, 0.3) is 0 Å². The summed E-state index contributed by atoms with van der Waals surface area (Å²) in [5, 5.41) is 9.89. The number of benzene rings is 1. The Balaban J connectivity index is 2.71. The minimum absolute atomic E-state index is 0.0588. The van der Waals surface area contributed by atoms with E-state index in [1.165, 1.54) is 11.1 Å². The van der Waals surface area contributed by atoms with Gasteiger partial charge in [-0.25, -0.2) is 0 Å². The summed E-state index contributed by atoms with van der Waals surface area (Å²) in [5.41, 5.74) is 7.37. The van der Waals surface area contributed by atoms with E-state index in [0.29, 0.717) is 13.0 Å². The number of aliphatic hydroxyl groups is 1. The SMILES string of the molecule is CCc1ccc(OCCCC(C)(O)CN)c(C(C)(C)C)c1. The lowest BCUT2D eigenvalue weighted by atomic mass is 9.85. The number of nitrogens with two attached hydrogens (primary N) is 1. The van der Waals surface area contributed by atoms with E-state index in [4.69, 9.17) is 10.5 Å². The summed E-state index contributed by atoms with van der Waals surface area (Å²) in [4.78, 5) is 0. The Hall–Kier alpha value is -1.06. The van der Waals surface area contributed by atoms with Crippen molar-refractivity contribution >= 4 is 0 Å². The van der Waals surface area contributed by atoms with Crippen molar-refractivity contribution in [3.63, 3.8) is 0 Å². The standard InChI is InChI=1S/C18H31NO2/c1-6-14-8-9-16(15(12-14)17(2,3)4)21-11-7-10-18(5,20)13-19/h8-9,12,20H,6-7,10-11,13,19H2,1-5H3. The van der Waals surface area contributed by atoms with E-state index < -0.39 is 5.60 Å². The van der Waals surface area contributed by atoms with Crippen molar-refractivity contribution in [2.75, 3.05) is 13.2 Å². The third-order valence-electron chi connectivity index (χ3n) is 3.82. The van der Waals surface area contributed by atoms with E-state index in [-0.39, 0.29) is 12.0 Å². The molecule has 0 saturated carbocycles. The van der Waals surface area contributed by atoms with Gasteiger partial charge in [0, 0.05) is 6.54 Å². The van der Waals surface area contributed by atoms with Crippen molar-refractivity contribution in [2.24, 2.45) is 5.73 Å². The van der Waals surface area contributed by atoms with Gasteiger partial charge in [-0.3, -0.25) is 0 Å². The summed E-state index contributed by atoms with van der Waals surface area (Å²) in [6, 6.07) is 6.44. The average molecular weight is 293 g/mol. The lowest BCUT2D eigenvalue weighted by Crippen LogP contribution is -2.34. The first-order valence-corrected chi connectivity index (χ1v) is 7.88. The number of ether oxygens (including phenoxy) is 1. The molecule has 0 spiro atoms. The summed E-state index contributed by atoms with van der Waals surface area (Å²) in [6.45, 7) is 11.4. The first kappa shape index (κ1) is 18.0. The fraction of sp³-hybridized carbons (Fsp3) is 0.667. The molecule has 120 valence electrons. The molecule has 0 saturated heterocycles. The Kier molecular flexibility index (Phi) is 6.24. The molecule has 3 heteroatoms. The van der Waals surface area contributed by atoms with Crippen LogP contribution in [0.15, 0.2) is 18.2 Å². The number of rotatable bonds is 7. The van der Waals surface area contributed by atoms with E-state index in [1.54, 1.807) is 6.92 Å². The van der Waals surface area contributed by atoms with E-state index in [1.807, 2.05) is 0 Å². The van der Waals surface area contributed by atoms with Crippen LogP contribution in [0.4, 0.5) is 0 Å². The molecular formula is C18H31NO2. The maximum Gasteiger partial charge on any atom is 0.123 e. The van der Waals surface area contributed by atoms with Gasteiger partial charge in [-0.2, -0.15) is 0 Å². The molecule has 1 unspecified atom stereocenters. The Labute approximate surface area is 129 Å². The van der Waals surface area contributed by atoms with Crippen molar-refractivity contribution in [3.05, 3.63) is 29.3 Å². The molecular weight excluding hydrogens is 262 g/mol. The van der Waals surface area contributed by atoms with Crippen LogP contribution >= 0.6 is 0 Å². The van der Waals surface area contributed by atoms with Crippen molar-refractivity contribution in [3.8, 4) is 5.75 Å². The molecule has 0 aliphatic heterocycles.